The lowest BCUT2D eigenvalue weighted by molar-refractivity contribution is 0.285. The zero-order valence-corrected chi connectivity index (χ0v) is 20.4. The molecule has 2 heterocycles. The summed E-state index contributed by atoms with van der Waals surface area (Å²) in [6, 6.07) is 18.2. The summed E-state index contributed by atoms with van der Waals surface area (Å²) in [6.07, 6.45) is 2.93. The fourth-order valence-electron chi connectivity index (χ4n) is 3.52. The summed E-state index contributed by atoms with van der Waals surface area (Å²) in [6.45, 7) is 2.24. The molecule has 1 aliphatic heterocycles. The van der Waals surface area contributed by atoms with Crippen LogP contribution in [0.4, 0.5) is 5.95 Å². The maximum absolute atomic E-state index is 9.04. The minimum Gasteiger partial charge on any atom is -0.472 e. The predicted molar refractivity (Wildman–Crippen MR) is 130 cm³/mol. The molecule has 0 bridgehead atoms. The van der Waals surface area contributed by atoms with Crippen LogP contribution in [0.3, 0.4) is 0 Å². The molecule has 1 saturated heterocycles. The van der Waals surface area contributed by atoms with Crippen LogP contribution in [0.5, 0.6) is 5.88 Å². The van der Waals surface area contributed by atoms with Gasteiger partial charge in [-0.05, 0) is 62.5 Å². The zero-order chi connectivity index (χ0) is 22.5. The van der Waals surface area contributed by atoms with Gasteiger partial charge in [0.15, 0.2) is 0 Å². The van der Waals surface area contributed by atoms with Gasteiger partial charge in [0.05, 0.1) is 22.7 Å². The maximum atomic E-state index is 9.04. The topological polar surface area (TPSA) is 65.3 Å². The molecular weight excluding hydrogens is 486 g/mol. The summed E-state index contributed by atoms with van der Waals surface area (Å²) < 4.78 is 7.20. The Morgan fingerprint density at radius 2 is 2.06 bits per heavy atom. The molecule has 164 valence electrons. The largest absolute Gasteiger partial charge is 0.472 e. The Kier molecular flexibility index (Phi) is 7.30. The van der Waals surface area contributed by atoms with Crippen molar-refractivity contribution >= 4 is 33.6 Å². The fourth-order valence-corrected chi connectivity index (χ4v) is 4.79. The van der Waals surface area contributed by atoms with E-state index in [1.54, 1.807) is 0 Å². The molecule has 0 spiro atoms. The smallest absolute Gasteiger partial charge is 0.232 e. The van der Waals surface area contributed by atoms with Gasteiger partial charge in [-0.1, -0.05) is 39.8 Å². The van der Waals surface area contributed by atoms with Gasteiger partial charge in [0.25, 0.3) is 0 Å². The van der Waals surface area contributed by atoms with Gasteiger partial charge in [-0.3, -0.25) is 0 Å². The van der Waals surface area contributed by atoms with Crippen molar-refractivity contribution in [2.75, 3.05) is 32.1 Å². The molecule has 32 heavy (non-hydrogen) atoms. The first-order chi connectivity index (χ1) is 15.5. The number of halogens is 1. The number of hydrogen-bond acceptors (Lipinski definition) is 7. The van der Waals surface area contributed by atoms with E-state index in [4.69, 9.17) is 15.0 Å². The first kappa shape index (κ1) is 22.6. The van der Waals surface area contributed by atoms with Crippen LogP contribution in [0.2, 0.25) is 0 Å². The number of nitrogens with zero attached hydrogens (tertiary/aromatic N) is 5. The summed E-state index contributed by atoms with van der Waals surface area (Å²) >= 11 is 5.05. The van der Waals surface area contributed by atoms with Gasteiger partial charge in [0.2, 0.25) is 11.8 Å². The second-order valence-electron chi connectivity index (χ2n) is 7.85. The fraction of sp³-hybridized carbons (Fsp3) is 0.292. The molecule has 1 atom stereocenters. The molecule has 0 aliphatic carbocycles. The van der Waals surface area contributed by atoms with Gasteiger partial charge in [-0.15, -0.1) is 0 Å². The minimum absolute atomic E-state index is 0.414. The number of hydrogen-bond donors (Lipinski definition) is 0. The van der Waals surface area contributed by atoms with Crippen LogP contribution in [-0.4, -0.2) is 48.1 Å². The second kappa shape index (κ2) is 10.3. The Bertz CT molecular complexity index is 1120. The molecule has 4 rings (SSSR count). The summed E-state index contributed by atoms with van der Waals surface area (Å²) in [5, 5.41) is 9.04. The molecule has 2 aromatic carbocycles. The number of anilines is 1. The summed E-state index contributed by atoms with van der Waals surface area (Å²) in [7, 11) is 4.22. The van der Waals surface area contributed by atoms with Crippen LogP contribution in [0.15, 0.2) is 69.0 Å². The van der Waals surface area contributed by atoms with Crippen molar-refractivity contribution in [2.45, 2.75) is 28.9 Å². The monoisotopic (exact) mass is 509 g/mol. The molecule has 8 heteroatoms. The van der Waals surface area contributed by atoms with E-state index in [1.165, 1.54) is 11.8 Å². The standard InChI is InChI=1S/C24H24BrN5OS/c1-29(2)20-10-11-30(15-20)24-27-14-22(32-21-8-6-17(13-26)7-9-21)23(28-24)31-16-18-4-3-5-19(25)12-18/h3-9,12,14,20H,10-11,15-16H2,1-2H3/t20-/m1/s1. The molecule has 3 aromatic rings. The highest BCUT2D eigenvalue weighted by Crippen LogP contribution is 2.35. The maximum Gasteiger partial charge on any atom is 0.232 e. The number of nitriles is 1. The lowest BCUT2D eigenvalue weighted by Crippen LogP contribution is -2.32. The molecular formula is C24H24BrN5OS. The molecule has 1 fully saturated rings. The average Bonchev–Trinajstić information content (AvgIpc) is 3.30. The third-order valence-corrected chi connectivity index (χ3v) is 6.86. The van der Waals surface area contributed by atoms with E-state index in [-0.39, 0.29) is 0 Å². The Balaban J connectivity index is 1.58. The summed E-state index contributed by atoms with van der Waals surface area (Å²) in [5.74, 6) is 1.26. The van der Waals surface area contributed by atoms with Crippen molar-refractivity contribution in [3.8, 4) is 11.9 Å². The Morgan fingerprint density at radius 3 is 2.75 bits per heavy atom. The zero-order valence-electron chi connectivity index (χ0n) is 18.0. The molecule has 1 aromatic heterocycles. The molecule has 1 aliphatic rings. The quantitative estimate of drug-likeness (QED) is 0.444. The van der Waals surface area contributed by atoms with Crippen molar-refractivity contribution < 1.29 is 4.74 Å². The van der Waals surface area contributed by atoms with E-state index in [9.17, 15) is 0 Å². The normalized spacial score (nSPS) is 15.7. The Morgan fingerprint density at radius 1 is 1.25 bits per heavy atom. The van der Waals surface area contributed by atoms with Crippen molar-refractivity contribution in [1.82, 2.24) is 14.9 Å². The number of aromatic nitrogens is 2. The van der Waals surface area contributed by atoms with Crippen molar-refractivity contribution in [3.05, 3.63) is 70.3 Å². The van der Waals surface area contributed by atoms with Crippen LogP contribution < -0.4 is 9.64 Å². The lowest BCUT2D eigenvalue weighted by atomic mass is 10.2. The molecule has 0 N–H and O–H groups in total. The van der Waals surface area contributed by atoms with Gasteiger partial charge in [-0.2, -0.15) is 10.2 Å². The van der Waals surface area contributed by atoms with E-state index >= 15 is 0 Å². The molecule has 0 saturated carbocycles. The van der Waals surface area contributed by atoms with Crippen molar-refractivity contribution in [3.63, 3.8) is 0 Å². The van der Waals surface area contributed by atoms with E-state index < -0.39 is 0 Å². The van der Waals surface area contributed by atoms with Crippen LogP contribution in [-0.2, 0) is 6.61 Å². The van der Waals surface area contributed by atoms with E-state index in [2.05, 4.69) is 50.9 Å². The van der Waals surface area contributed by atoms with Crippen LogP contribution >= 0.6 is 27.7 Å². The van der Waals surface area contributed by atoms with E-state index in [1.807, 2.05) is 54.7 Å². The van der Waals surface area contributed by atoms with E-state index in [0.29, 0.717) is 30.0 Å². The number of benzene rings is 2. The van der Waals surface area contributed by atoms with Crippen LogP contribution in [0.1, 0.15) is 17.5 Å². The highest BCUT2D eigenvalue weighted by Gasteiger charge is 2.26. The van der Waals surface area contributed by atoms with Crippen molar-refractivity contribution in [2.24, 2.45) is 0 Å². The number of rotatable bonds is 7. The van der Waals surface area contributed by atoms with Gasteiger partial charge >= 0.3 is 0 Å². The summed E-state index contributed by atoms with van der Waals surface area (Å²) in [5.41, 5.74) is 1.69. The van der Waals surface area contributed by atoms with Gasteiger partial charge in [-0.25, -0.2) is 4.98 Å². The van der Waals surface area contributed by atoms with Gasteiger partial charge in [0, 0.05) is 28.5 Å². The molecule has 0 amide bonds. The highest BCUT2D eigenvalue weighted by atomic mass is 79.9. The summed E-state index contributed by atoms with van der Waals surface area (Å²) in [4.78, 5) is 15.8. The predicted octanol–water partition coefficient (Wildman–Crippen LogP) is 4.98. The number of likely N-dealkylation sites (N-methyl/N-ethyl adjacent to an activating group) is 1. The third-order valence-electron chi connectivity index (χ3n) is 5.36. The van der Waals surface area contributed by atoms with Gasteiger partial charge < -0.3 is 14.5 Å². The highest BCUT2D eigenvalue weighted by molar-refractivity contribution is 9.10. The van der Waals surface area contributed by atoms with Crippen molar-refractivity contribution in [1.29, 1.82) is 5.26 Å². The Labute approximate surface area is 201 Å². The van der Waals surface area contributed by atoms with Crippen LogP contribution in [0.25, 0.3) is 0 Å². The third kappa shape index (κ3) is 5.60. The SMILES string of the molecule is CN(C)[C@@H]1CCN(c2ncc(Sc3ccc(C#N)cc3)c(OCc3cccc(Br)c3)n2)C1. The van der Waals surface area contributed by atoms with Crippen LogP contribution in [0, 0.1) is 11.3 Å². The van der Waals surface area contributed by atoms with Gasteiger partial charge in [0.1, 0.15) is 6.61 Å². The first-order valence-corrected chi connectivity index (χ1v) is 12.0. The minimum atomic E-state index is 0.414. The second-order valence-corrected chi connectivity index (χ2v) is 9.88. The molecule has 6 nitrogen and oxygen atoms in total. The average molecular weight is 510 g/mol. The molecule has 0 unspecified atom stereocenters. The van der Waals surface area contributed by atoms with E-state index in [0.717, 1.165) is 39.3 Å². The lowest BCUT2D eigenvalue weighted by Gasteiger charge is -2.21. The Hall–Kier alpha value is -2.60. The number of ether oxygens (including phenoxy) is 1. The first-order valence-electron chi connectivity index (χ1n) is 10.4. The molecule has 0 radical (unpaired) electrons.